The number of nitrogens with zero attached hydrogens (tertiary/aromatic N) is 4. The highest BCUT2D eigenvalue weighted by Crippen LogP contribution is 2.39. The first kappa shape index (κ1) is 18.1. The second-order valence-corrected chi connectivity index (χ2v) is 8.01. The minimum absolute atomic E-state index is 0.109. The number of aryl methyl sites for hydroxylation is 1. The van der Waals surface area contributed by atoms with E-state index in [0.717, 1.165) is 50.4 Å². The summed E-state index contributed by atoms with van der Waals surface area (Å²) in [7, 11) is 0. The van der Waals surface area contributed by atoms with Crippen molar-refractivity contribution in [3.63, 3.8) is 0 Å². The molecule has 1 N–H and O–H groups in total. The van der Waals surface area contributed by atoms with Crippen molar-refractivity contribution in [2.75, 3.05) is 37.7 Å². The first-order valence-electron chi connectivity index (χ1n) is 10.3. The minimum Gasteiger partial charge on any atom is -0.354 e. The summed E-state index contributed by atoms with van der Waals surface area (Å²) in [5.41, 5.74) is 1.24. The molecule has 3 heterocycles. The summed E-state index contributed by atoms with van der Waals surface area (Å²) >= 11 is 0. The number of carbonyl (C=O) groups excluding carboxylic acids is 2. The maximum atomic E-state index is 13.4. The molecule has 3 amide bonds. The van der Waals surface area contributed by atoms with Crippen LogP contribution < -0.4 is 10.2 Å². The molecule has 7 nitrogen and oxygen atoms in total. The molecule has 2 saturated heterocycles. The summed E-state index contributed by atoms with van der Waals surface area (Å²) in [5, 5.41) is 3.04. The second-order valence-electron chi connectivity index (χ2n) is 8.01. The Bertz CT molecular complexity index is 926. The second kappa shape index (κ2) is 7.15. The lowest BCUT2D eigenvalue weighted by Gasteiger charge is -2.37. The first-order chi connectivity index (χ1) is 14.2. The molecule has 1 spiro atoms. The molecule has 1 unspecified atom stereocenters. The number of fused-ring (bicyclic) bond motifs is 2. The van der Waals surface area contributed by atoms with Crippen LogP contribution in [0.4, 0.5) is 10.6 Å². The molecule has 1 aromatic heterocycles. The number of carbonyl (C=O) groups is 2. The zero-order valence-corrected chi connectivity index (χ0v) is 16.4. The average molecular weight is 391 g/mol. The van der Waals surface area contributed by atoms with E-state index in [9.17, 15) is 9.59 Å². The molecule has 0 saturated carbocycles. The van der Waals surface area contributed by atoms with Crippen molar-refractivity contribution in [3.8, 4) is 0 Å². The Morgan fingerprint density at radius 3 is 2.59 bits per heavy atom. The van der Waals surface area contributed by atoms with Gasteiger partial charge in [0.1, 0.15) is 11.4 Å². The Hall–Kier alpha value is -2.93. The highest BCUT2D eigenvalue weighted by atomic mass is 16.2. The van der Waals surface area contributed by atoms with Crippen molar-refractivity contribution >= 4 is 17.8 Å². The van der Waals surface area contributed by atoms with E-state index in [0.29, 0.717) is 13.1 Å². The van der Waals surface area contributed by atoms with Crippen molar-refractivity contribution in [3.05, 3.63) is 59.8 Å². The zero-order valence-electron chi connectivity index (χ0n) is 16.4. The molecular weight excluding hydrogens is 366 g/mol. The summed E-state index contributed by atoms with van der Waals surface area (Å²) in [4.78, 5) is 36.4. The Labute approximate surface area is 170 Å². The lowest BCUT2D eigenvalue weighted by Crippen LogP contribution is -2.52. The summed E-state index contributed by atoms with van der Waals surface area (Å²) < 4.78 is 0. The molecule has 3 aliphatic rings. The molecule has 2 fully saturated rings. The fraction of sp³-hybridized carbons (Fsp3) is 0.409. The Morgan fingerprint density at radius 1 is 1.00 bits per heavy atom. The van der Waals surface area contributed by atoms with Gasteiger partial charge in [0, 0.05) is 32.4 Å². The maximum absolute atomic E-state index is 13.4. The van der Waals surface area contributed by atoms with Gasteiger partial charge in [-0.2, -0.15) is 0 Å². The average Bonchev–Trinajstić information content (AvgIpc) is 3.00. The normalized spacial score (nSPS) is 24.7. The van der Waals surface area contributed by atoms with Gasteiger partial charge in [0.15, 0.2) is 0 Å². The number of hydrogen-bond donors (Lipinski definition) is 1. The van der Waals surface area contributed by atoms with Crippen molar-refractivity contribution in [1.82, 2.24) is 20.1 Å². The summed E-state index contributed by atoms with van der Waals surface area (Å²) in [6.07, 6.45) is 4.32. The number of aromatic nitrogens is 1. The van der Waals surface area contributed by atoms with Crippen molar-refractivity contribution in [2.24, 2.45) is 0 Å². The van der Waals surface area contributed by atoms with Crippen LogP contribution in [0.15, 0.2) is 48.7 Å². The van der Waals surface area contributed by atoms with E-state index >= 15 is 0 Å². The molecule has 5 rings (SSSR count). The molecule has 0 radical (unpaired) electrons. The molecule has 1 aliphatic carbocycles. The van der Waals surface area contributed by atoms with E-state index in [1.165, 1.54) is 10.5 Å². The van der Waals surface area contributed by atoms with Crippen molar-refractivity contribution < 1.29 is 9.59 Å². The number of benzene rings is 1. The molecule has 7 heteroatoms. The molecule has 1 atom stereocenters. The maximum Gasteiger partial charge on any atom is 0.326 e. The lowest BCUT2D eigenvalue weighted by molar-refractivity contribution is -0.133. The number of rotatable bonds is 3. The van der Waals surface area contributed by atoms with Gasteiger partial charge in [-0.25, -0.2) is 14.7 Å². The smallest absolute Gasteiger partial charge is 0.326 e. The predicted molar refractivity (Wildman–Crippen MR) is 109 cm³/mol. The number of anilines is 1. The van der Waals surface area contributed by atoms with E-state index in [2.05, 4.69) is 26.2 Å². The molecule has 0 bridgehead atoms. The zero-order chi connectivity index (χ0) is 19.8. The topological polar surface area (TPSA) is 68.8 Å². The molecular formula is C22H25N5O2. The van der Waals surface area contributed by atoms with Gasteiger partial charge in [-0.15, -0.1) is 0 Å². The fourth-order valence-corrected chi connectivity index (χ4v) is 4.80. The third kappa shape index (κ3) is 3.06. The van der Waals surface area contributed by atoms with Crippen LogP contribution in [0.2, 0.25) is 0 Å². The minimum atomic E-state index is -0.887. The van der Waals surface area contributed by atoms with Gasteiger partial charge in [0.05, 0.1) is 6.67 Å². The molecule has 2 aromatic rings. The van der Waals surface area contributed by atoms with Crippen LogP contribution in [0, 0.1) is 0 Å². The predicted octanol–water partition coefficient (Wildman–Crippen LogP) is 1.94. The number of hydrogen-bond acceptors (Lipinski definition) is 5. The summed E-state index contributed by atoms with van der Waals surface area (Å²) in [5.74, 6) is 0.863. The van der Waals surface area contributed by atoms with Crippen LogP contribution in [-0.2, 0) is 16.8 Å². The van der Waals surface area contributed by atoms with Gasteiger partial charge < -0.3 is 10.2 Å². The third-order valence-corrected chi connectivity index (χ3v) is 6.34. The fourth-order valence-electron chi connectivity index (χ4n) is 4.80. The number of nitrogens with one attached hydrogen (secondary N) is 1. The van der Waals surface area contributed by atoms with Gasteiger partial charge >= 0.3 is 6.03 Å². The quantitative estimate of drug-likeness (QED) is 0.810. The number of piperazine rings is 1. The monoisotopic (exact) mass is 391 g/mol. The van der Waals surface area contributed by atoms with Gasteiger partial charge in [-0.05, 0) is 42.5 Å². The number of amides is 3. The van der Waals surface area contributed by atoms with E-state index in [1.807, 2.05) is 36.4 Å². The van der Waals surface area contributed by atoms with E-state index < -0.39 is 5.54 Å². The summed E-state index contributed by atoms with van der Waals surface area (Å²) in [6.45, 7) is 3.57. The number of urea groups is 1. The Kier molecular flexibility index (Phi) is 4.47. The standard InChI is InChI=1S/C22H25N5O2/c28-20-22(10-5-7-17-6-1-2-8-18(17)22)24-21(29)27(20)16-25-12-14-26(15-13-25)19-9-3-4-11-23-19/h1-4,6,8-9,11H,5,7,10,12-16H2,(H,24,29). The van der Waals surface area contributed by atoms with Crippen LogP contribution in [0.1, 0.15) is 24.0 Å². The van der Waals surface area contributed by atoms with Crippen LogP contribution in [-0.4, -0.2) is 59.6 Å². The van der Waals surface area contributed by atoms with Crippen molar-refractivity contribution in [1.29, 1.82) is 0 Å². The van der Waals surface area contributed by atoms with Crippen molar-refractivity contribution in [2.45, 2.75) is 24.8 Å². The van der Waals surface area contributed by atoms with E-state index in [-0.39, 0.29) is 11.9 Å². The van der Waals surface area contributed by atoms with Crippen LogP contribution >= 0.6 is 0 Å². The lowest BCUT2D eigenvalue weighted by atomic mass is 9.76. The first-order valence-corrected chi connectivity index (χ1v) is 10.3. The molecule has 1 aromatic carbocycles. The van der Waals surface area contributed by atoms with Crippen LogP contribution in [0.3, 0.4) is 0 Å². The van der Waals surface area contributed by atoms with Gasteiger partial charge in [-0.1, -0.05) is 30.3 Å². The Balaban J connectivity index is 1.29. The van der Waals surface area contributed by atoms with E-state index in [4.69, 9.17) is 0 Å². The van der Waals surface area contributed by atoms with Gasteiger partial charge in [0.2, 0.25) is 0 Å². The Morgan fingerprint density at radius 2 is 1.79 bits per heavy atom. The van der Waals surface area contributed by atoms with Gasteiger partial charge in [0.25, 0.3) is 5.91 Å². The number of imide groups is 1. The van der Waals surface area contributed by atoms with E-state index in [1.54, 1.807) is 6.20 Å². The largest absolute Gasteiger partial charge is 0.354 e. The highest BCUT2D eigenvalue weighted by molar-refractivity contribution is 6.07. The molecule has 150 valence electrons. The molecule has 29 heavy (non-hydrogen) atoms. The highest BCUT2D eigenvalue weighted by Gasteiger charge is 2.54. The van der Waals surface area contributed by atoms with Gasteiger partial charge in [-0.3, -0.25) is 9.69 Å². The third-order valence-electron chi connectivity index (χ3n) is 6.34. The molecule has 2 aliphatic heterocycles. The van der Waals surface area contributed by atoms with Crippen LogP contribution in [0.5, 0.6) is 0 Å². The van der Waals surface area contributed by atoms with Crippen LogP contribution in [0.25, 0.3) is 0 Å². The number of pyridine rings is 1. The SMILES string of the molecule is O=C1NC2(CCCc3ccccc32)C(=O)N1CN1CCN(c2ccccn2)CC1. The summed E-state index contributed by atoms with van der Waals surface area (Å²) in [6, 6.07) is 13.6.